The zero-order valence-electron chi connectivity index (χ0n) is 8.53. The fourth-order valence-corrected chi connectivity index (χ4v) is 1.28. The first-order valence-corrected chi connectivity index (χ1v) is 5.65. The maximum absolute atomic E-state index is 11.4. The molecule has 0 atom stereocenters. The minimum Gasteiger partial charge on any atom is -0.333 e. The van der Waals surface area contributed by atoms with Gasteiger partial charge in [-0.25, -0.2) is 4.57 Å². The number of hydrogen-bond acceptors (Lipinski definition) is 4. The lowest BCUT2D eigenvalue weighted by Crippen LogP contribution is -2.15. The molecule has 0 spiro atoms. The van der Waals surface area contributed by atoms with Crippen molar-refractivity contribution < 1.29 is 13.6 Å². The van der Waals surface area contributed by atoms with E-state index in [0.717, 1.165) is 13.1 Å². The van der Waals surface area contributed by atoms with Gasteiger partial charge in [0.15, 0.2) is 0 Å². The first-order chi connectivity index (χ1) is 6.11. The Morgan fingerprint density at radius 1 is 1.23 bits per heavy atom. The highest BCUT2D eigenvalue weighted by molar-refractivity contribution is 7.59. The van der Waals surface area contributed by atoms with Crippen molar-refractivity contribution in [2.45, 2.75) is 13.8 Å². The van der Waals surface area contributed by atoms with Crippen LogP contribution in [-0.4, -0.2) is 32.2 Å². The zero-order valence-corrected chi connectivity index (χ0v) is 9.43. The molecule has 0 aliphatic rings. The summed E-state index contributed by atoms with van der Waals surface area (Å²) >= 11 is 0. The Morgan fingerprint density at radius 2 is 1.69 bits per heavy atom. The van der Waals surface area contributed by atoms with Crippen molar-refractivity contribution in [3.05, 3.63) is 0 Å². The SMILES string of the molecule is CCN(C#CP(=O)(OC)OC)CC. The van der Waals surface area contributed by atoms with E-state index in [-0.39, 0.29) is 0 Å². The predicted octanol–water partition coefficient (Wildman–Crippen LogP) is 1.73. The topological polar surface area (TPSA) is 38.8 Å². The Hall–Kier alpha value is -0.490. The van der Waals surface area contributed by atoms with Crippen LogP contribution in [0.5, 0.6) is 0 Å². The van der Waals surface area contributed by atoms with Gasteiger partial charge in [0.2, 0.25) is 0 Å². The molecule has 0 saturated carbocycles. The van der Waals surface area contributed by atoms with Crippen molar-refractivity contribution in [1.29, 1.82) is 0 Å². The van der Waals surface area contributed by atoms with Crippen LogP contribution in [0.1, 0.15) is 13.8 Å². The van der Waals surface area contributed by atoms with Crippen LogP contribution < -0.4 is 0 Å². The second-order valence-corrected chi connectivity index (χ2v) is 4.21. The van der Waals surface area contributed by atoms with Crippen molar-refractivity contribution >= 4 is 7.60 Å². The lowest BCUT2D eigenvalue weighted by atomic mass is 10.6. The molecule has 0 aliphatic carbocycles. The standard InChI is InChI=1S/C8H16NO3P/c1-5-9(6-2)7-8-13(10,11-3)12-4/h5-6H2,1-4H3. The summed E-state index contributed by atoms with van der Waals surface area (Å²) in [4.78, 5) is 1.82. The minimum atomic E-state index is -3.16. The van der Waals surface area contributed by atoms with Gasteiger partial charge in [-0.05, 0) is 13.8 Å². The van der Waals surface area contributed by atoms with Crippen LogP contribution in [-0.2, 0) is 13.6 Å². The molecule has 0 unspecified atom stereocenters. The van der Waals surface area contributed by atoms with E-state index in [1.165, 1.54) is 14.2 Å². The van der Waals surface area contributed by atoms with Crippen molar-refractivity contribution in [2.75, 3.05) is 27.3 Å². The summed E-state index contributed by atoms with van der Waals surface area (Å²) in [6.07, 6.45) is 0. The van der Waals surface area contributed by atoms with E-state index in [9.17, 15) is 4.57 Å². The van der Waals surface area contributed by atoms with E-state index in [4.69, 9.17) is 0 Å². The Morgan fingerprint density at radius 3 is 2.00 bits per heavy atom. The largest absolute Gasteiger partial charge is 0.406 e. The number of rotatable bonds is 4. The maximum Gasteiger partial charge on any atom is 0.406 e. The van der Waals surface area contributed by atoms with Gasteiger partial charge in [0.25, 0.3) is 0 Å². The molecular formula is C8H16NO3P. The van der Waals surface area contributed by atoms with Crippen LogP contribution in [0.4, 0.5) is 0 Å². The highest BCUT2D eigenvalue weighted by Gasteiger charge is 2.16. The molecule has 0 amide bonds. The molecule has 4 nitrogen and oxygen atoms in total. The molecule has 0 bridgehead atoms. The quantitative estimate of drug-likeness (QED) is 0.398. The summed E-state index contributed by atoms with van der Waals surface area (Å²) in [6.45, 7) is 5.53. The van der Waals surface area contributed by atoms with Gasteiger partial charge >= 0.3 is 7.60 Å². The van der Waals surface area contributed by atoms with Crippen LogP contribution in [0.3, 0.4) is 0 Å². The number of nitrogens with zero attached hydrogens (tertiary/aromatic N) is 1. The molecule has 0 saturated heterocycles. The van der Waals surface area contributed by atoms with Gasteiger partial charge in [0.1, 0.15) is 0 Å². The molecular weight excluding hydrogens is 189 g/mol. The van der Waals surface area contributed by atoms with Crippen molar-refractivity contribution in [3.63, 3.8) is 0 Å². The van der Waals surface area contributed by atoms with Gasteiger partial charge in [0.05, 0.1) is 0 Å². The first-order valence-electron chi connectivity index (χ1n) is 4.11. The van der Waals surface area contributed by atoms with Crippen LogP contribution in [0.2, 0.25) is 0 Å². The van der Waals surface area contributed by atoms with Crippen molar-refractivity contribution in [3.8, 4) is 11.7 Å². The molecule has 0 aromatic carbocycles. The first kappa shape index (κ1) is 12.5. The van der Waals surface area contributed by atoms with Gasteiger partial charge in [-0.15, -0.1) is 0 Å². The van der Waals surface area contributed by atoms with E-state index in [2.05, 4.69) is 20.8 Å². The highest BCUT2D eigenvalue weighted by atomic mass is 31.2. The smallest absolute Gasteiger partial charge is 0.333 e. The third-order valence-electron chi connectivity index (χ3n) is 1.59. The lowest BCUT2D eigenvalue weighted by Gasteiger charge is -2.11. The third-order valence-corrected chi connectivity index (χ3v) is 2.92. The van der Waals surface area contributed by atoms with Crippen molar-refractivity contribution in [2.24, 2.45) is 0 Å². The average Bonchev–Trinajstić information content (AvgIpc) is 2.19. The Bertz CT molecular complexity index is 232. The van der Waals surface area contributed by atoms with Gasteiger partial charge < -0.3 is 13.9 Å². The van der Waals surface area contributed by atoms with E-state index in [0.29, 0.717) is 0 Å². The molecule has 0 aromatic rings. The molecule has 0 aliphatic heterocycles. The van der Waals surface area contributed by atoms with Gasteiger partial charge in [-0.3, -0.25) is 0 Å². The summed E-state index contributed by atoms with van der Waals surface area (Å²) in [6, 6.07) is 2.73. The normalized spacial score (nSPS) is 10.5. The van der Waals surface area contributed by atoms with E-state index >= 15 is 0 Å². The third kappa shape index (κ3) is 4.33. The molecule has 13 heavy (non-hydrogen) atoms. The lowest BCUT2D eigenvalue weighted by molar-refractivity contribution is 0.288. The molecule has 0 fully saturated rings. The molecule has 0 aromatic heterocycles. The summed E-state index contributed by atoms with van der Waals surface area (Å²) in [5.41, 5.74) is 2.48. The van der Waals surface area contributed by atoms with Crippen LogP contribution in [0, 0.1) is 11.7 Å². The summed E-state index contributed by atoms with van der Waals surface area (Å²) in [7, 11) is -0.523. The minimum absolute atomic E-state index is 0.789. The van der Waals surface area contributed by atoms with Gasteiger partial charge in [0, 0.05) is 39.0 Å². The Labute approximate surface area is 79.7 Å². The van der Waals surface area contributed by atoms with Crippen LogP contribution in [0.25, 0.3) is 0 Å². The summed E-state index contributed by atoms with van der Waals surface area (Å²) in [5.74, 6) is 0. The van der Waals surface area contributed by atoms with E-state index in [1.54, 1.807) is 0 Å². The van der Waals surface area contributed by atoms with E-state index in [1.807, 2.05) is 18.7 Å². The second kappa shape index (κ2) is 6.04. The summed E-state index contributed by atoms with van der Waals surface area (Å²) < 4.78 is 20.8. The van der Waals surface area contributed by atoms with Crippen molar-refractivity contribution in [1.82, 2.24) is 4.90 Å². The molecule has 0 rings (SSSR count). The molecule has 0 N–H and O–H groups in total. The highest BCUT2D eigenvalue weighted by Crippen LogP contribution is 2.44. The Balaban J connectivity index is 4.44. The zero-order chi connectivity index (χ0) is 10.3. The average molecular weight is 205 g/mol. The van der Waals surface area contributed by atoms with Gasteiger partial charge in [-0.2, -0.15) is 0 Å². The Kier molecular flexibility index (Phi) is 5.81. The molecule has 0 radical (unpaired) electrons. The van der Waals surface area contributed by atoms with Crippen LogP contribution >= 0.6 is 7.60 Å². The number of hydrogen-bond donors (Lipinski definition) is 0. The molecule has 5 heteroatoms. The van der Waals surface area contributed by atoms with E-state index < -0.39 is 7.60 Å². The maximum atomic E-state index is 11.4. The fraction of sp³-hybridized carbons (Fsp3) is 0.750. The predicted molar refractivity (Wildman–Crippen MR) is 52.3 cm³/mol. The van der Waals surface area contributed by atoms with Gasteiger partial charge in [-0.1, -0.05) is 0 Å². The monoisotopic (exact) mass is 205 g/mol. The second-order valence-electron chi connectivity index (χ2n) is 2.26. The fourth-order valence-electron chi connectivity index (χ4n) is 0.679. The van der Waals surface area contributed by atoms with Crippen LogP contribution in [0.15, 0.2) is 0 Å². The molecule has 0 heterocycles. The molecule has 76 valence electrons. The summed E-state index contributed by atoms with van der Waals surface area (Å²) in [5, 5.41) is 0.